The van der Waals surface area contributed by atoms with E-state index >= 15 is 0 Å². The lowest BCUT2D eigenvalue weighted by Gasteiger charge is -2.21. The quantitative estimate of drug-likeness (QED) is 0.827. The molecular weight excluding hydrogens is 186 g/mol. The number of nitrogens with zero attached hydrogens (tertiary/aromatic N) is 2. The summed E-state index contributed by atoms with van der Waals surface area (Å²) in [5.41, 5.74) is 1.15. The van der Waals surface area contributed by atoms with E-state index in [-0.39, 0.29) is 5.54 Å². The molecular formula is C12H21N3. The molecule has 1 heterocycles. The van der Waals surface area contributed by atoms with Gasteiger partial charge >= 0.3 is 0 Å². The Morgan fingerprint density at radius 1 is 1.33 bits per heavy atom. The van der Waals surface area contributed by atoms with Crippen molar-refractivity contribution in [1.29, 1.82) is 0 Å². The van der Waals surface area contributed by atoms with Gasteiger partial charge in [-0.2, -0.15) is 0 Å². The number of hydrogen-bond donors (Lipinski definition) is 1. The van der Waals surface area contributed by atoms with E-state index in [0.29, 0.717) is 5.92 Å². The lowest BCUT2D eigenvalue weighted by atomic mass is 10.0. The third-order valence-electron chi connectivity index (χ3n) is 2.31. The first kappa shape index (κ1) is 12.0. The van der Waals surface area contributed by atoms with Gasteiger partial charge in [0, 0.05) is 17.3 Å². The molecule has 1 N–H and O–H groups in total. The van der Waals surface area contributed by atoms with Crippen molar-refractivity contribution in [2.24, 2.45) is 0 Å². The zero-order chi connectivity index (χ0) is 11.5. The van der Waals surface area contributed by atoms with Crippen LogP contribution in [0.1, 0.15) is 52.7 Å². The largest absolute Gasteiger partial charge is 0.365 e. The van der Waals surface area contributed by atoms with Gasteiger partial charge in [0.2, 0.25) is 0 Å². The van der Waals surface area contributed by atoms with Crippen LogP contribution < -0.4 is 5.32 Å². The molecule has 0 aromatic carbocycles. The average Bonchev–Trinajstić information content (AvgIpc) is 2.14. The SMILES string of the molecule is CCC(C)c1cc(NC(C)(C)C)ncn1. The minimum atomic E-state index is 0.0427. The van der Waals surface area contributed by atoms with E-state index in [1.165, 1.54) is 0 Å². The van der Waals surface area contributed by atoms with Crippen LogP contribution in [0.4, 0.5) is 5.82 Å². The normalized spacial score (nSPS) is 13.7. The Morgan fingerprint density at radius 3 is 2.53 bits per heavy atom. The van der Waals surface area contributed by atoms with E-state index < -0.39 is 0 Å². The first-order valence-corrected chi connectivity index (χ1v) is 5.52. The molecule has 0 aliphatic heterocycles. The van der Waals surface area contributed by atoms with E-state index in [1.807, 2.05) is 6.07 Å². The van der Waals surface area contributed by atoms with Gasteiger partial charge in [-0.25, -0.2) is 9.97 Å². The molecule has 0 radical (unpaired) electrons. The fourth-order valence-electron chi connectivity index (χ4n) is 1.30. The maximum Gasteiger partial charge on any atom is 0.130 e. The maximum absolute atomic E-state index is 4.29. The second-order valence-corrected chi connectivity index (χ2v) is 5.01. The van der Waals surface area contributed by atoms with Crippen molar-refractivity contribution < 1.29 is 0 Å². The van der Waals surface area contributed by atoms with Gasteiger partial charge in [-0.1, -0.05) is 13.8 Å². The predicted molar refractivity (Wildman–Crippen MR) is 64.1 cm³/mol. The second-order valence-electron chi connectivity index (χ2n) is 5.01. The molecule has 0 saturated heterocycles. The van der Waals surface area contributed by atoms with Gasteiger partial charge in [0.1, 0.15) is 12.1 Å². The first-order chi connectivity index (χ1) is 6.92. The minimum Gasteiger partial charge on any atom is -0.365 e. The van der Waals surface area contributed by atoms with Gasteiger partial charge in [0.05, 0.1) is 0 Å². The highest BCUT2D eigenvalue weighted by Gasteiger charge is 2.11. The summed E-state index contributed by atoms with van der Waals surface area (Å²) >= 11 is 0. The molecule has 3 nitrogen and oxygen atoms in total. The fraction of sp³-hybridized carbons (Fsp3) is 0.667. The molecule has 1 aromatic heterocycles. The molecule has 1 atom stereocenters. The molecule has 1 unspecified atom stereocenters. The first-order valence-electron chi connectivity index (χ1n) is 5.52. The van der Waals surface area contributed by atoms with Crippen molar-refractivity contribution in [2.75, 3.05) is 5.32 Å². The smallest absolute Gasteiger partial charge is 0.130 e. The van der Waals surface area contributed by atoms with Crippen LogP contribution in [-0.2, 0) is 0 Å². The molecule has 0 aliphatic rings. The van der Waals surface area contributed by atoms with Crippen molar-refractivity contribution >= 4 is 5.82 Å². The summed E-state index contributed by atoms with van der Waals surface area (Å²) in [5, 5.41) is 3.35. The predicted octanol–water partition coefficient (Wildman–Crippen LogP) is 3.20. The van der Waals surface area contributed by atoms with Gasteiger partial charge in [-0.05, 0) is 33.1 Å². The van der Waals surface area contributed by atoms with Crippen LogP contribution in [0.15, 0.2) is 12.4 Å². The number of aromatic nitrogens is 2. The minimum absolute atomic E-state index is 0.0427. The van der Waals surface area contributed by atoms with Gasteiger partial charge in [-0.15, -0.1) is 0 Å². The maximum atomic E-state index is 4.29. The van der Waals surface area contributed by atoms with Crippen LogP contribution in [0.5, 0.6) is 0 Å². The highest BCUT2D eigenvalue weighted by Crippen LogP contribution is 2.19. The number of nitrogens with one attached hydrogen (secondary N) is 1. The van der Waals surface area contributed by atoms with Crippen molar-refractivity contribution in [1.82, 2.24) is 9.97 Å². The molecule has 3 heteroatoms. The van der Waals surface area contributed by atoms with Crippen molar-refractivity contribution in [3.63, 3.8) is 0 Å². The fourth-order valence-corrected chi connectivity index (χ4v) is 1.30. The highest BCUT2D eigenvalue weighted by atomic mass is 15.1. The Hall–Kier alpha value is -1.12. The molecule has 0 saturated carbocycles. The van der Waals surface area contributed by atoms with E-state index in [0.717, 1.165) is 17.9 Å². The van der Waals surface area contributed by atoms with E-state index in [2.05, 4.69) is 49.9 Å². The summed E-state index contributed by atoms with van der Waals surface area (Å²) in [6.07, 6.45) is 2.74. The van der Waals surface area contributed by atoms with Crippen LogP contribution in [-0.4, -0.2) is 15.5 Å². The Bertz CT molecular complexity index is 315. The van der Waals surface area contributed by atoms with Crippen molar-refractivity contribution in [3.05, 3.63) is 18.1 Å². The lowest BCUT2D eigenvalue weighted by molar-refractivity contribution is 0.628. The van der Waals surface area contributed by atoms with Gasteiger partial charge < -0.3 is 5.32 Å². The Labute approximate surface area is 92.3 Å². The molecule has 1 rings (SSSR count). The van der Waals surface area contributed by atoms with E-state index in [9.17, 15) is 0 Å². The molecule has 0 bridgehead atoms. The summed E-state index contributed by atoms with van der Waals surface area (Å²) in [5.74, 6) is 1.40. The summed E-state index contributed by atoms with van der Waals surface area (Å²) in [7, 11) is 0. The highest BCUT2D eigenvalue weighted by molar-refractivity contribution is 5.37. The Balaban J connectivity index is 2.83. The molecule has 84 valence electrons. The zero-order valence-electron chi connectivity index (χ0n) is 10.3. The molecule has 0 spiro atoms. The average molecular weight is 207 g/mol. The summed E-state index contributed by atoms with van der Waals surface area (Å²) in [6, 6.07) is 2.04. The number of hydrogen-bond acceptors (Lipinski definition) is 3. The standard InChI is InChI=1S/C12H21N3/c1-6-9(2)10-7-11(14-8-13-10)15-12(3,4)5/h7-9H,6H2,1-5H3,(H,13,14,15). The molecule has 0 amide bonds. The van der Waals surface area contributed by atoms with E-state index in [1.54, 1.807) is 6.33 Å². The monoisotopic (exact) mass is 207 g/mol. The third-order valence-corrected chi connectivity index (χ3v) is 2.31. The summed E-state index contributed by atoms with van der Waals surface area (Å²) in [4.78, 5) is 8.51. The second kappa shape index (κ2) is 4.60. The number of rotatable bonds is 3. The van der Waals surface area contributed by atoms with Crippen molar-refractivity contribution in [2.45, 2.75) is 52.5 Å². The van der Waals surface area contributed by atoms with Gasteiger partial charge in [0.25, 0.3) is 0 Å². The third kappa shape index (κ3) is 3.86. The van der Waals surface area contributed by atoms with Crippen LogP contribution in [0.3, 0.4) is 0 Å². The zero-order valence-corrected chi connectivity index (χ0v) is 10.3. The number of anilines is 1. The van der Waals surface area contributed by atoms with Crippen LogP contribution in [0.2, 0.25) is 0 Å². The molecule has 0 aliphatic carbocycles. The van der Waals surface area contributed by atoms with Crippen LogP contribution in [0, 0.1) is 0 Å². The van der Waals surface area contributed by atoms with E-state index in [4.69, 9.17) is 0 Å². The van der Waals surface area contributed by atoms with Crippen LogP contribution >= 0.6 is 0 Å². The summed E-state index contributed by atoms with van der Waals surface area (Å²) in [6.45, 7) is 10.7. The lowest BCUT2D eigenvalue weighted by Crippen LogP contribution is -2.26. The summed E-state index contributed by atoms with van der Waals surface area (Å²) < 4.78 is 0. The Kier molecular flexibility index (Phi) is 3.66. The van der Waals surface area contributed by atoms with Crippen LogP contribution in [0.25, 0.3) is 0 Å². The topological polar surface area (TPSA) is 37.8 Å². The molecule has 1 aromatic rings. The Morgan fingerprint density at radius 2 is 2.00 bits per heavy atom. The molecule has 0 fully saturated rings. The van der Waals surface area contributed by atoms with Gasteiger partial charge in [0.15, 0.2) is 0 Å². The van der Waals surface area contributed by atoms with Gasteiger partial charge in [-0.3, -0.25) is 0 Å². The molecule has 15 heavy (non-hydrogen) atoms. The van der Waals surface area contributed by atoms with Crippen molar-refractivity contribution in [3.8, 4) is 0 Å².